The summed E-state index contributed by atoms with van der Waals surface area (Å²) in [6.45, 7) is 2.78. The second kappa shape index (κ2) is 7.41. The third-order valence-electron chi connectivity index (χ3n) is 4.35. The molecule has 0 aliphatic heterocycles. The van der Waals surface area contributed by atoms with Crippen molar-refractivity contribution in [1.82, 2.24) is 5.32 Å². The topological polar surface area (TPSA) is 70.6 Å². The summed E-state index contributed by atoms with van der Waals surface area (Å²) >= 11 is 0. The van der Waals surface area contributed by atoms with Gasteiger partial charge in [0.25, 0.3) is 0 Å². The standard InChI is InChI=1S/C16H24FN3O/c1-11(13-5-3-2-4-6-13)19-10-12-7-14(16(18)20-21)9-15(17)8-12/h7-9,11,13,19,21H,2-6,10H2,1H3,(H2,18,20). The summed E-state index contributed by atoms with van der Waals surface area (Å²) in [6.07, 6.45) is 6.50. The zero-order chi connectivity index (χ0) is 15.2. The average Bonchev–Trinajstić information content (AvgIpc) is 2.52. The van der Waals surface area contributed by atoms with E-state index in [9.17, 15) is 4.39 Å². The first-order valence-corrected chi connectivity index (χ1v) is 7.61. The highest BCUT2D eigenvalue weighted by atomic mass is 19.1. The molecule has 1 unspecified atom stereocenters. The van der Waals surface area contributed by atoms with Crippen molar-refractivity contribution < 1.29 is 9.60 Å². The number of oxime groups is 1. The van der Waals surface area contributed by atoms with Crippen LogP contribution in [-0.2, 0) is 6.54 Å². The van der Waals surface area contributed by atoms with E-state index in [2.05, 4.69) is 17.4 Å². The first-order chi connectivity index (χ1) is 10.1. The molecule has 0 saturated heterocycles. The molecule has 1 aliphatic carbocycles. The SMILES string of the molecule is CC(NCc1cc(F)cc(/C(N)=N/O)c1)C1CCCCC1. The minimum Gasteiger partial charge on any atom is -0.409 e. The van der Waals surface area contributed by atoms with E-state index in [4.69, 9.17) is 10.9 Å². The predicted octanol–water partition coefficient (Wildman–Crippen LogP) is 2.98. The molecular weight excluding hydrogens is 269 g/mol. The maximum atomic E-state index is 13.6. The van der Waals surface area contributed by atoms with Crippen molar-refractivity contribution in [3.63, 3.8) is 0 Å². The van der Waals surface area contributed by atoms with Gasteiger partial charge in [-0.2, -0.15) is 0 Å². The van der Waals surface area contributed by atoms with Crippen molar-refractivity contribution in [1.29, 1.82) is 0 Å². The summed E-state index contributed by atoms with van der Waals surface area (Å²) < 4.78 is 13.6. The maximum absolute atomic E-state index is 13.6. The van der Waals surface area contributed by atoms with Crippen molar-refractivity contribution in [2.45, 2.75) is 51.6 Å². The van der Waals surface area contributed by atoms with Crippen LogP contribution in [-0.4, -0.2) is 17.1 Å². The smallest absolute Gasteiger partial charge is 0.170 e. The van der Waals surface area contributed by atoms with Crippen molar-refractivity contribution in [3.8, 4) is 0 Å². The largest absolute Gasteiger partial charge is 0.409 e. The first kappa shape index (κ1) is 15.8. The van der Waals surface area contributed by atoms with Crippen LogP contribution in [0.1, 0.15) is 50.2 Å². The Hall–Kier alpha value is -1.62. The van der Waals surface area contributed by atoms with E-state index >= 15 is 0 Å². The van der Waals surface area contributed by atoms with Crippen LogP contribution in [0, 0.1) is 11.7 Å². The number of nitrogens with zero attached hydrogens (tertiary/aromatic N) is 1. The molecule has 0 heterocycles. The van der Waals surface area contributed by atoms with Crippen LogP contribution in [0.2, 0.25) is 0 Å². The van der Waals surface area contributed by atoms with Gasteiger partial charge in [-0.3, -0.25) is 0 Å². The number of hydrogen-bond donors (Lipinski definition) is 3. The molecule has 0 radical (unpaired) electrons. The highest BCUT2D eigenvalue weighted by Gasteiger charge is 2.19. The van der Waals surface area contributed by atoms with Crippen molar-refractivity contribution >= 4 is 5.84 Å². The Morgan fingerprint density at radius 3 is 2.76 bits per heavy atom. The van der Waals surface area contributed by atoms with Gasteiger partial charge in [0.1, 0.15) is 5.82 Å². The minimum atomic E-state index is -0.374. The van der Waals surface area contributed by atoms with Crippen LogP contribution in [0.25, 0.3) is 0 Å². The fraction of sp³-hybridized carbons (Fsp3) is 0.562. The molecule has 1 saturated carbocycles. The van der Waals surface area contributed by atoms with Crippen LogP contribution in [0.4, 0.5) is 4.39 Å². The van der Waals surface area contributed by atoms with Crippen LogP contribution in [0.3, 0.4) is 0 Å². The molecule has 4 nitrogen and oxygen atoms in total. The minimum absolute atomic E-state index is 0.0731. The molecule has 1 atom stereocenters. The monoisotopic (exact) mass is 293 g/mol. The Kier molecular flexibility index (Phi) is 5.56. The van der Waals surface area contributed by atoms with E-state index in [1.54, 1.807) is 6.07 Å². The zero-order valence-electron chi connectivity index (χ0n) is 12.5. The number of amidine groups is 1. The Labute approximate surface area is 125 Å². The molecular formula is C16H24FN3O. The number of nitrogens with two attached hydrogens (primary N) is 1. The number of nitrogens with one attached hydrogen (secondary N) is 1. The van der Waals surface area contributed by atoms with Crippen LogP contribution >= 0.6 is 0 Å². The molecule has 0 bridgehead atoms. The van der Waals surface area contributed by atoms with Gasteiger partial charge < -0.3 is 16.3 Å². The van der Waals surface area contributed by atoms with Gasteiger partial charge in [-0.05, 0) is 49.4 Å². The summed E-state index contributed by atoms with van der Waals surface area (Å²) in [7, 11) is 0. The van der Waals surface area contributed by atoms with Crippen molar-refractivity contribution in [2.24, 2.45) is 16.8 Å². The quantitative estimate of drug-likeness (QED) is 0.338. The summed E-state index contributed by atoms with van der Waals surface area (Å²) in [5.74, 6) is 0.258. The Morgan fingerprint density at radius 1 is 1.38 bits per heavy atom. The van der Waals surface area contributed by atoms with Gasteiger partial charge in [0, 0.05) is 18.2 Å². The van der Waals surface area contributed by atoms with Crippen molar-refractivity contribution in [2.75, 3.05) is 0 Å². The Balaban J connectivity index is 1.97. The zero-order valence-corrected chi connectivity index (χ0v) is 12.5. The molecule has 1 fully saturated rings. The van der Waals surface area contributed by atoms with E-state index in [1.807, 2.05) is 0 Å². The summed E-state index contributed by atoms with van der Waals surface area (Å²) in [5.41, 5.74) is 6.73. The number of rotatable bonds is 5. The molecule has 116 valence electrons. The van der Waals surface area contributed by atoms with Gasteiger partial charge in [-0.1, -0.05) is 24.4 Å². The van der Waals surface area contributed by atoms with E-state index in [0.29, 0.717) is 24.1 Å². The fourth-order valence-corrected chi connectivity index (χ4v) is 3.04. The summed E-state index contributed by atoms with van der Waals surface area (Å²) in [6, 6.07) is 4.91. The molecule has 5 heteroatoms. The Morgan fingerprint density at radius 2 is 2.10 bits per heavy atom. The molecule has 0 amide bonds. The number of benzene rings is 1. The third kappa shape index (κ3) is 4.43. The average molecular weight is 293 g/mol. The summed E-state index contributed by atoms with van der Waals surface area (Å²) in [5, 5.41) is 15.1. The molecule has 1 aliphatic rings. The van der Waals surface area contributed by atoms with E-state index in [1.165, 1.54) is 44.2 Å². The lowest BCUT2D eigenvalue weighted by molar-refractivity contribution is 0.280. The second-order valence-electron chi connectivity index (χ2n) is 5.90. The van der Waals surface area contributed by atoms with E-state index in [-0.39, 0.29) is 11.7 Å². The highest BCUT2D eigenvalue weighted by molar-refractivity contribution is 5.97. The lowest BCUT2D eigenvalue weighted by Gasteiger charge is -2.28. The van der Waals surface area contributed by atoms with E-state index < -0.39 is 0 Å². The van der Waals surface area contributed by atoms with Gasteiger partial charge >= 0.3 is 0 Å². The molecule has 0 aromatic heterocycles. The van der Waals surface area contributed by atoms with Gasteiger partial charge in [0.05, 0.1) is 0 Å². The highest BCUT2D eigenvalue weighted by Crippen LogP contribution is 2.26. The molecule has 1 aromatic carbocycles. The molecule has 21 heavy (non-hydrogen) atoms. The third-order valence-corrected chi connectivity index (χ3v) is 4.35. The van der Waals surface area contributed by atoms with E-state index in [0.717, 1.165) is 5.56 Å². The molecule has 1 aromatic rings. The summed E-state index contributed by atoms with van der Waals surface area (Å²) in [4.78, 5) is 0. The van der Waals surface area contributed by atoms with Gasteiger partial charge in [-0.15, -0.1) is 0 Å². The van der Waals surface area contributed by atoms with Gasteiger partial charge in [0.2, 0.25) is 0 Å². The number of halogens is 1. The van der Waals surface area contributed by atoms with Gasteiger partial charge in [-0.25, -0.2) is 4.39 Å². The molecule has 0 spiro atoms. The van der Waals surface area contributed by atoms with Crippen LogP contribution in [0.15, 0.2) is 23.4 Å². The first-order valence-electron chi connectivity index (χ1n) is 7.61. The second-order valence-corrected chi connectivity index (χ2v) is 5.90. The van der Waals surface area contributed by atoms with Gasteiger partial charge in [0.15, 0.2) is 5.84 Å². The predicted molar refractivity (Wildman–Crippen MR) is 81.8 cm³/mol. The molecule has 2 rings (SSSR count). The van der Waals surface area contributed by atoms with Crippen molar-refractivity contribution in [3.05, 3.63) is 35.1 Å². The maximum Gasteiger partial charge on any atom is 0.170 e. The molecule has 4 N–H and O–H groups in total. The normalized spacial score (nSPS) is 18.7. The van der Waals surface area contributed by atoms with Crippen LogP contribution in [0.5, 0.6) is 0 Å². The van der Waals surface area contributed by atoms with Crippen LogP contribution < -0.4 is 11.1 Å². The lowest BCUT2D eigenvalue weighted by Crippen LogP contribution is -2.34. The Bertz CT molecular complexity index is 498. The fourth-order valence-electron chi connectivity index (χ4n) is 3.04. The number of hydrogen-bond acceptors (Lipinski definition) is 3. The lowest BCUT2D eigenvalue weighted by atomic mass is 9.84.